The Labute approximate surface area is 219 Å². The highest BCUT2D eigenvalue weighted by Gasteiger charge is 2.27. The predicted octanol–water partition coefficient (Wildman–Crippen LogP) is 5.14. The molecule has 0 spiro atoms. The maximum absolute atomic E-state index is 12.9. The Hall–Kier alpha value is -3.39. The Morgan fingerprint density at radius 2 is 1.76 bits per heavy atom. The van der Waals surface area contributed by atoms with E-state index in [1.54, 1.807) is 14.2 Å². The highest BCUT2D eigenvalue weighted by molar-refractivity contribution is 5.79. The van der Waals surface area contributed by atoms with Gasteiger partial charge in [-0.25, -0.2) is 0 Å². The molecule has 37 heavy (non-hydrogen) atoms. The molecule has 0 aliphatic carbocycles. The topological polar surface area (TPSA) is 89.7 Å². The second-order valence-electron chi connectivity index (χ2n) is 10.7. The average molecular weight is 507 g/mol. The fraction of sp³-hybridized carbons (Fsp3) is 0.483. The minimum atomic E-state index is -0.125. The minimum absolute atomic E-state index is 0.0154. The molecule has 198 valence electrons. The van der Waals surface area contributed by atoms with Crippen molar-refractivity contribution in [3.63, 3.8) is 0 Å². The first-order valence-corrected chi connectivity index (χ1v) is 12.9. The Morgan fingerprint density at radius 3 is 2.38 bits per heavy atom. The number of carbonyl (C=O) groups excluding carboxylic acids is 1. The molecule has 2 aromatic carbocycles. The number of nitrogens with zero attached hydrogens (tertiary/aromatic N) is 3. The van der Waals surface area contributed by atoms with Gasteiger partial charge in [0.2, 0.25) is 17.6 Å². The Morgan fingerprint density at radius 1 is 1.08 bits per heavy atom. The molecule has 8 nitrogen and oxygen atoms in total. The van der Waals surface area contributed by atoms with Gasteiger partial charge >= 0.3 is 0 Å². The quantitative estimate of drug-likeness (QED) is 0.452. The van der Waals surface area contributed by atoms with Crippen LogP contribution in [-0.4, -0.2) is 48.3 Å². The summed E-state index contributed by atoms with van der Waals surface area (Å²) in [7, 11) is 3.22. The molecule has 4 rings (SSSR count). The number of ether oxygens (including phenoxy) is 2. The second kappa shape index (κ2) is 11.3. The molecule has 1 aliphatic heterocycles. The van der Waals surface area contributed by atoms with Crippen molar-refractivity contribution in [2.45, 2.75) is 58.5 Å². The summed E-state index contributed by atoms with van der Waals surface area (Å²) < 4.78 is 16.2. The number of benzene rings is 2. The van der Waals surface area contributed by atoms with Crippen molar-refractivity contribution in [3.8, 4) is 22.9 Å². The largest absolute Gasteiger partial charge is 0.493 e. The van der Waals surface area contributed by atoms with Gasteiger partial charge in [0.15, 0.2) is 11.5 Å². The number of aromatic nitrogens is 2. The number of likely N-dealkylation sites (tertiary alicyclic amines) is 1. The number of hydrogen-bond donors (Lipinski definition) is 1. The maximum atomic E-state index is 12.9. The number of nitrogens with one attached hydrogen (secondary N) is 1. The number of methoxy groups -OCH3 is 2. The van der Waals surface area contributed by atoms with Gasteiger partial charge in [-0.3, -0.25) is 9.69 Å². The van der Waals surface area contributed by atoms with Crippen molar-refractivity contribution < 1.29 is 18.8 Å². The van der Waals surface area contributed by atoms with Crippen LogP contribution in [0.2, 0.25) is 0 Å². The van der Waals surface area contributed by atoms with E-state index in [1.807, 2.05) is 37.3 Å². The molecular formula is C29H38N4O4. The van der Waals surface area contributed by atoms with Crippen LogP contribution >= 0.6 is 0 Å². The van der Waals surface area contributed by atoms with E-state index in [-0.39, 0.29) is 23.3 Å². The van der Waals surface area contributed by atoms with E-state index in [0.29, 0.717) is 29.8 Å². The van der Waals surface area contributed by atoms with Gasteiger partial charge in [0, 0.05) is 11.5 Å². The van der Waals surface area contributed by atoms with Crippen molar-refractivity contribution >= 4 is 5.91 Å². The fourth-order valence-corrected chi connectivity index (χ4v) is 4.64. The molecule has 0 radical (unpaired) electrons. The molecule has 1 aromatic heterocycles. The molecule has 0 bridgehead atoms. The molecule has 1 unspecified atom stereocenters. The van der Waals surface area contributed by atoms with E-state index < -0.39 is 0 Å². The third-order valence-electron chi connectivity index (χ3n) is 7.06. The fourth-order valence-electron chi connectivity index (χ4n) is 4.64. The van der Waals surface area contributed by atoms with Gasteiger partial charge in [-0.1, -0.05) is 56.3 Å². The number of carbonyl (C=O) groups is 1. The Bertz CT molecular complexity index is 1190. The molecule has 1 amide bonds. The summed E-state index contributed by atoms with van der Waals surface area (Å²) in [6.45, 7) is 10.8. The zero-order valence-corrected chi connectivity index (χ0v) is 22.7. The summed E-state index contributed by atoms with van der Waals surface area (Å²) in [5.74, 6) is 2.59. The van der Waals surface area contributed by atoms with Gasteiger partial charge in [-0.2, -0.15) is 4.98 Å². The Balaban J connectivity index is 1.27. The third-order valence-corrected chi connectivity index (χ3v) is 7.06. The first kappa shape index (κ1) is 26.7. The molecule has 2 heterocycles. The molecule has 1 saturated heterocycles. The number of rotatable bonds is 8. The van der Waals surface area contributed by atoms with Crippen molar-refractivity contribution in [1.82, 2.24) is 20.4 Å². The number of amides is 1. The first-order valence-electron chi connectivity index (χ1n) is 12.9. The SMILES string of the molecule is COc1ccc(C(C)NC(=O)C2CCN(Cc3nc(-c4ccc(C(C)(C)C)cc4)no3)CC2)cc1OC. The lowest BCUT2D eigenvalue weighted by Crippen LogP contribution is -2.40. The third kappa shape index (κ3) is 6.49. The van der Waals surface area contributed by atoms with Gasteiger partial charge in [0.25, 0.3) is 0 Å². The van der Waals surface area contributed by atoms with Crippen LogP contribution in [0.3, 0.4) is 0 Å². The highest BCUT2D eigenvalue weighted by atomic mass is 16.5. The van der Waals surface area contributed by atoms with Crippen LogP contribution in [0.15, 0.2) is 47.0 Å². The lowest BCUT2D eigenvalue weighted by molar-refractivity contribution is -0.127. The average Bonchev–Trinajstić information content (AvgIpc) is 3.36. The molecule has 8 heteroatoms. The van der Waals surface area contributed by atoms with Gasteiger partial charge in [-0.05, 0) is 61.5 Å². The number of piperidine rings is 1. The molecule has 3 aromatic rings. The first-order chi connectivity index (χ1) is 17.7. The summed E-state index contributed by atoms with van der Waals surface area (Å²) in [6, 6.07) is 13.9. The summed E-state index contributed by atoms with van der Waals surface area (Å²) in [6.07, 6.45) is 1.58. The van der Waals surface area contributed by atoms with E-state index >= 15 is 0 Å². The molecule has 1 aliphatic rings. The van der Waals surface area contributed by atoms with Crippen molar-refractivity contribution in [1.29, 1.82) is 0 Å². The van der Waals surface area contributed by atoms with Crippen molar-refractivity contribution in [3.05, 3.63) is 59.5 Å². The van der Waals surface area contributed by atoms with Gasteiger partial charge < -0.3 is 19.3 Å². The second-order valence-corrected chi connectivity index (χ2v) is 10.7. The molecule has 0 saturated carbocycles. The highest BCUT2D eigenvalue weighted by Crippen LogP contribution is 2.30. The van der Waals surface area contributed by atoms with E-state index in [1.165, 1.54) is 5.56 Å². The van der Waals surface area contributed by atoms with Crippen LogP contribution in [0.1, 0.15) is 63.6 Å². The monoisotopic (exact) mass is 506 g/mol. The van der Waals surface area contributed by atoms with Crippen LogP contribution < -0.4 is 14.8 Å². The minimum Gasteiger partial charge on any atom is -0.493 e. The van der Waals surface area contributed by atoms with E-state index in [0.717, 1.165) is 37.1 Å². The van der Waals surface area contributed by atoms with Crippen molar-refractivity contribution in [2.75, 3.05) is 27.3 Å². The molecule has 1 fully saturated rings. The van der Waals surface area contributed by atoms with Crippen LogP contribution in [0.5, 0.6) is 11.5 Å². The zero-order chi connectivity index (χ0) is 26.6. The predicted molar refractivity (Wildman–Crippen MR) is 143 cm³/mol. The van der Waals surface area contributed by atoms with Crippen molar-refractivity contribution in [2.24, 2.45) is 5.92 Å². The smallest absolute Gasteiger partial charge is 0.241 e. The number of hydrogen-bond acceptors (Lipinski definition) is 7. The summed E-state index contributed by atoms with van der Waals surface area (Å²) in [5, 5.41) is 7.34. The summed E-state index contributed by atoms with van der Waals surface area (Å²) in [4.78, 5) is 19.8. The molecule has 1 atom stereocenters. The normalized spacial score (nSPS) is 15.8. The summed E-state index contributed by atoms with van der Waals surface area (Å²) >= 11 is 0. The lowest BCUT2D eigenvalue weighted by atomic mass is 9.87. The Kier molecular flexibility index (Phi) is 8.17. The standard InChI is InChI=1S/C29H38N4O4/c1-19(22-9-12-24(35-5)25(17-22)36-6)30-28(34)21-13-15-33(16-14-21)18-26-31-27(32-37-26)20-7-10-23(11-8-20)29(2,3)4/h7-12,17,19,21H,13-16,18H2,1-6H3,(H,30,34). The lowest BCUT2D eigenvalue weighted by Gasteiger charge is -2.31. The molecule has 1 N–H and O–H groups in total. The van der Waals surface area contributed by atoms with E-state index in [4.69, 9.17) is 14.0 Å². The van der Waals surface area contributed by atoms with Crippen LogP contribution in [0.4, 0.5) is 0 Å². The van der Waals surface area contributed by atoms with Crippen LogP contribution in [0.25, 0.3) is 11.4 Å². The van der Waals surface area contributed by atoms with Crippen LogP contribution in [0, 0.1) is 5.92 Å². The van der Waals surface area contributed by atoms with E-state index in [2.05, 4.69) is 53.3 Å². The summed E-state index contributed by atoms with van der Waals surface area (Å²) in [5.41, 5.74) is 3.29. The molecular weight excluding hydrogens is 468 g/mol. The zero-order valence-electron chi connectivity index (χ0n) is 22.7. The maximum Gasteiger partial charge on any atom is 0.241 e. The van der Waals surface area contributed by atoms with Gasteiger partial charge in [0.05, 0.1) is 26.8 Å². The van der Waals surface area contributed by atoms with Gasteiger partial charge in [-0.15, -0.1) is 0 Å². The van der Waals surface area contributed by atoms with Gasteiger partial charge in [0.1, 0.15) is 0 Å². The van der Waals surface area contributed by atoms with Crippen LogP contribution in [-0.2, 0) is 16.8 Å². The van der Waals surface area contributed by atoms with E-state index in [9.17, 15) is 4.79 Å².